The van der Waals surface area contributed by atoms with Crippen molar-refractivity contribution in [2.24, 2.45) is 0 Å². The molecule has 0 aliphatic carbocycles. The highest BCUT2D eigenvalue weighted by atomic mass is 35.5. The van der Waals surface area contributed by atoms with E-state index in [1.54, 1.807) is 0 Å². The zero-order valence-electron chi connectivity index (χ0n) is 13.5. The summed E-state index contributed by atoms with van der Waals surface area (Å²) in [5, 5.41) is 4.93. The van der Waals surface area contributed by atoms with Gasteiger partial charge in [0.1, 0.15) is 0 Å². The summed E-state index contributed by atoms with van der Waals surface area (Å²) in [5.74, 6) is 0. The van der Waals surface area contributed by atoms with E-state index in [1.165, 1.54) is 6.42 Å². The molecule has 0 heterocycles. The number of hydrogen-bond donors (Lipinski definition) is 1. The second-order valence-corrected chi connectivity index (χ2v) is 6.16. The van der Waals surface area contributed by atoms with Gasteiger partial charge < -0.3 is 10.2 Å². The Morgan fingerprint density at radius 1 is 1.10 bits per heavy atom. The van der Waals surface area contributed by atoms with E-state index < -0.39 is 0 Å². The molecule has 1 unspecified atom stereocenters. The lowest BCUT2D eigenvalue weighted by molar-refractivity contribution is 0.269. The monoisotopic (exact) mass is 330 g/mol. The Labute approximate surface area is 139 Å². The van der Waals surface area contributed by atoms with Crippen LogP contribution in [0.4, 0.5) is 0 Å². The third-order valence-electron chi connectivity index (χ3n) is 3.72. The molecule has 1 aromatic carbocycles. The Bertz CT molecular complexity index is 410. The lowest BCUT2D eigenvalue weighted by Crippen LogP contribution is -2.30. The summed E-state index contributed by atoms with van der Waals surface area (Å²) in [6.07, 6.45) is 3.36. The number of hydrogen-bond acceptors (Lipinski definition) is 2. The maximum absolute atomic E-state index is 6.39. The average Bonchev–Trinajstić information content (AvgIpc) is 2.49. The minimum absolute atomic E-state index is 0.266. The lowest BCUT2D eigenvalue weighted by atomic mass is 10.0. The molecule has 0 bridgehead atoms. The molecule has 0 saturated heterocycles. The van der Waals surface area contributed by atoms with E-state index in [4.69, 9.17) is 23.2 Å². The van der Waals surface area contributed by atoms with Crippen molar-refractivity contribution in [2.75, 3.05) is 26.2 Å². The van der Waals surface area contributed by atoms with Crippen molar-refractivity contribution in [1.82, 2.24) is 10.2 Å². The highest BCUT2D eigenvalue weighted by Crippen LogP contribution is 2.31. The largest absolute Gasteiger partial charge is 0.310 e. The van der Waals surface area contributed by atoms with Crippen LogP contribution < -0.4 is 5.32 Å². The van der Waals surface area contributed by atoms with Gasteiger partial charge in [-0.1, -0.05) is 56.1 Å². The van der Waals surface area contributed by atoms with Gasteiger partial charge in [-0.25, -0.2) is 0 Å². The SMILES string of the molecule is CCCNC(CCN(CC)CCC)c1cccc(Cl)c1Cl. The van der Waals surface area contributed by atoms with Crippen LogP contribution in [0.25, 0.3) is 0 Å². The fraction of sp³-hybridized carbons (Fsp3) is 0.647. The van der Waals surface area contributed by atoms with E-state index >= 15 is 0 Å². The van der Waals surface area contributed by atoms with E-state index in [1.807, 2.05) is 12.1 Å². The highest BCUT2D eigenvalue weighted by Gasteiger charge is 2.16. The summed E-state index contributed by atoms with van der Waals surface area (Å²) < 4.78 is 0. The molecule has 0 fully saturated rings. The minimum atomic E-state index is 0.266. The lowest BCUT2D eigenvalue weighted by Gasteiger charge is -2.25. The molecule has 0 spiro atoms. The van der Waals surface area contributed by atoms with Crippen LogP contribution in [0.3, 0.4) is 0 Å². The smallest absolute Gasteiger partial charge is 0.0640 e. The van der Waals surface area contributed by atoms with E-state index in [9.17, 15) is 0 Å². The molecule has 0 saturated carbocycles. The fourth-order valence-corrected chi connectivity index (χ4v) is 2.97. The van der Waals surface area contributed by atoms with Crippen LogP contribution in [0.2, 0.25) is 10.0 Å². The molecule has 21 heavy (non-hydrogen) atoms. The first-order valence-electron chi connectivity index (χ1n) is 8.03. The first-order valence-corrected chi connectivity index (χ1v) is 8.79. The number of halogens is 2. The summed E-state index contributed by atoms with van der Waals surface area (Å²) >= 11 is 12.6. The Morgan fingerprint density at radius 3 is 2.48 bits per heavy atom. The molecule has 4 heteroatoms. The third kappa shape index (κ3) is 6.15. The molecule has 1 atom stereocenters. The summed E-state index contributed by atoms with van der Waals surface area (Å²) in [6.45, 7) is 10.9. The first kappa shape index (κ1) is 18.8. The molecular formula is C17H28Cl2N2. The number of benzene rings is 1. The number of nitrogens with one attached hydrogen (secondary N) is 1. The van der Waals surface area contributed by atoms with Crippen LogP contribution in [0, 0.1) is 0 Å². The Kier molecular flexibility index (Phi) is 9.34. The maximum Gasteiger partial charge on any atom is 0.0640 e. The van der Waals surface area contributed by atoms with Gasteiger partial charge in [0, 0.05) is 6.04 Å². The number of rotatable bonds is 10. The van der Waals surface area contributed by atoms with Crippen LogP contribution in [-0.2, 0) is 0 Å². The van der Waals surface area contributed by atoms with E-state index in [0.29, 0.717) is 10.0 Å². The topological polar surface area (TPSA) is 15.3 Å². The van der Waals surface area contributed by atoms with Gasteiger partial charge in [-0.05, 0) is 57.1 Å². The van der Waals surface area contributed by atoms with Crippen molar-refractivity contribution in [3.8, 4) is 0 Å². The molecule has 1 aromatic rings. The van der Waals surface area contributed by atoms with Gasteiger partial charge in [-0.3, -0.25) is 0 Å². The molecule has 0 amide bonds. The van der Waals surface area contributed by atoms with Crippen LogP contribution >= 0.6 is 23.2 Å². The van der Waals surface area contributed by atoms with Crippen LogP contribution in [0.15, 0.2) is 18.2 Å². The Morgan fingerprint density at radius 2 is 1.86 bits per heavy atom. The van der Waals surface area contributed by atoms with Gasteiger partial charge in [0.15, 0.2) is 0 Å². The molecule has 120 valence electrons. The van der Waals surface area contributed by atoms with E-state index in [-0.39, 0.29) is 6.04 Å². The van der Waals surface area contributed by atoms with Crippen molar-refractivity contribution < 1.29 is 0 Å². The van der Waals surface area contributed by atoms with E-state index in [0.717, 1.165) is 44.6 Å². The van der Waals surface area contributed by atoms with Gasteiger partial charge in [-0.15, -0.1) is 0 Å². The zero-order valence-corrected chi connectivity index (χ0v) is 15.0. The van der Waals surface area contributed by atoms with Gasteiger partial charge in [0.05, 0.1) is 10.0 Å². The van der Waals surface area contributed by atoms with Gasteiger partial charge >= 0.3 is 0 Å². The minimum Gasteiger partial charge on any atom is -0.310 e. The molecular weight excluding hydrogens is 303 g/mol. The standard InChI is InChI=1S/C17H28Cl2N2/c1-4-11-20-16(10-13-21(6-3)12-5-2)14-8-7-9-15(18)17(14)19/h7-9,16,20H,4-6,10-13H2,1-3H3. The fourth-order valence-electron chi connectivity index (χ4n) is 2.53. The first-order chi connectivity index (χ1) is 10.1. The van der Waals surface area contributed by atoms with Crippen molar-refractivity contribution in [3.63, 3.8) is 0 Å². The molecule has 1 rings (SSSR count). The average molecular weight is 331 g/mol. The van der Waals surface area contributed by atoms with Crippen molar-refractivity contribution in [3.05, 3.63) is 33.8 Å². The molecule has 1 N–H and O–H groups in total. The van der Waals surface area contributed by atoms with E-state index in [2.05, 4.69) is 37.1 Å². The summed E-state index contributed by atoms with van der Waals surface area (Å²) in [4.78, 5) is 2.49. The third-order valence-corrected chi connectivity index (χ3v) is 4.55. The molecule has 0 aliphatic heterocycles. The summed E-state index contributed by atoms with van der Waals surface area (Å²) in [7, 11) is 0. The van der Waals surface area contributed by atoms with Crippen molar-refractivity contribution in [2.45, 2.75) is 46.1 Å². The van der Waals surface area contributed by atoms with Gasteiger partial charge in [-0.2, -0.15) is 0 Å². The van der Waals surface area contributed by atoms with Crippen molar-refractivity contribution >= 4 is 23.2 Å². The zero-order chi connectivity index (χ0) is 15.7. The predicted octanol–water partition coefficient (Wildman–Crippen LogP) is 5.16. The maximum atomic E-state index is 6.39. The van der Waals surface area contributed by atoms with Crippen LogP contribution in [0.5, 0.6) is 0 Å². The van der Waals surface area contributed by atoms with Crippen LogP contribution in [-0.4, -0.2) is 31.1 Å². The molecule has 0 aromatic heterocycles. The quantitative estimate of drug-likeness (QED) is 0.637. The highest BCUT2D eigenvalue weighted by molar-refractivity contribution is 6.42. The second-order valence-electron chi connectivity index (χ2n) is 5.37. The van der Waals surface area contributed by atoms with Gasteiger partial charge in [0.25, 0.3) is 0 Å². The number of nitrogens with zero attached hydrogens (tertiary/aromatic N) is 1. The normalized spacial score (nSPS) is 12.9. The molecule has 0 aliphatic rings. The van der Waals surface area contributed by atoms with Crippen LogP contribution in [0.1, 0.15) is 51.6 Å². The Hall–Kier alpha value is -0.280. The predicted molar refractivity (Wildman–Crippen MR) is 94.5 cm³/mol. The molecule has 0 radical (unpaired) electrons. The van der Waals surface area contributed by atoms with Gasteiger partial charge in [0.2, 0.25) is 0 Å². The summed E-state index contributed by atoms with van der Waals surface area (Å²) in [5.41, 5.74) is 1.12. The summed E-state index contributed by atoms with van der Waals surface area (Å²) in [6, 6.07) is 6.17. The molecule has 2 nitrogen and oxygen atoms in total. The van der Waals surface area contributed by atoms with Crippen molar-refractivity contribution in [1.29, 1.82) is 0 Å². The Balaban J connectivity index is 2.77. The second kappa shape index (κ2) is 10.4.